The molecule has 0 aliphatic rings. The molecule has 0 amide bonds. The first-order chi connectivity index (χ1) is 8.02. The Kier molecular flexibility index (Phi) is 4.60. The molecular formula is C12H17FN2O2. The number of carbonyl (C=O) groups is 1. The van der Waals surface area contributed by atoms with Gasteiger partial charge in [0.15, 0.2) is 0 Å². The van der Waals surface area contributed by atoms with Gasteiger partial charge in [0.25, 0.3) is 0 Å². The van der Waals surface area contributed by atoms with Gasteiger partial charge in [0.05, 0.1) is 0 Å². The molecule has 4 N–H and O–H groups in total. The fourth-order valence-electron chi connectivity index (χ4n) is 1.59. The summed E-state index contributed by atoms with van der Waals surface area (Å²) in [6.07, 6.45) is 0.636. The molecule has 0 aromatic heterocycles. The second-order valence-corrected chi connectivity index (χ2v) is 3.98. The van der Waals surface area contributed by atoms with Crippen LogP contribution in [-0.2, 0) is 10.3 Å². The Bertz CT molecular complexity index is 398. The summed E-state index contributed by atoms with van der Waals surface area (Å²) in [6, 6.07) is 5.87. The minimum Gasteiger partial charge on any atom is -0.480 e. The van der Waals surface area contributed by atoms with E-state index in [1.54, 1.807) is 6.07 Å². The Labute approximate surface area is 99.6 Å². The lowest BCUT2D eigenvalue weighted by atomic mass is 9.91. The third kappa shape index (κ3) is 3.01. The normalized spacial score (nSPS) is 14.3. The molecule has 4 nitrogen and oxygen atoms in total. The second-order valence-electron chi connectivity index (χ2n) is 3.98. The Morgan fingerprint density at radius 1 is 1.53 bits per heavy atom. The van der Waals surface area contributed by atoms with Crippen molar-refractivity contribution in [2.24, 2.45) is 5.73 Å². The number of hydrogen-bond acceptors (Lipinski definition) is 3. The van der Waals surface area contributed by atoms with Gasteiger partial charge in [-0.05, 0) is 32.5 Å². The number of nitrogens with one attached hydrogen (secondary N) is 1. The molecule has 17 heavy (non-hydrogen) atoms. The number of rotatable bonds is 6. The summed E-state index contributed by atoms with van der Waals surface area (Å²) in [6.45, 7) is 2.33. The zero-order chi connectivity index (χ0) is 12.9. The van der Waals surface area contributed by atoms with Gasteiger partial charge < -0.3 is 10.8 Å². The summed E-state index contributed by atoms with van der Waals surface area (Å²) in [5.74, 6) is -1.64. The van der Waals surface area contributed by atoms with Crippen molar-refractivity contribution in [1.29, 1.82) is 0 Å². The molecular weight excluding hydrogens is 223 g/mol. The highest BCUT2D eigenvalue weighted by Gasteiger charge is 2.36. The van der Waals surface area contributed by atoms with Crippen LogP contribution in [0.3, 0.4) is 0 Å². The van der Waals surface area contributed by atoms with Gasteiger partial charge in [-0.1, -0.05) is 18.2 Å². The first-order valence-corrected chi connectivity index (χ1v) is 5.46. The quantitative estimate of drug-likeness (QED) is 0.650. The first kappa shape index (κ1) is 13.6. The van der Waals surface area contributed by atoms with E-state index in [9.17, 15) is 14.3 Å². The lowest BCUT2D eigenvalue weighted by Crippen LogP contribution is -2.48. The zero-order valence-corrected chi connectivity index (χ0v) is 9.74. The molecule has 94 valence electrons. The van der Waals surface area contributed by atoms with Gasteiger partial charge >= 0.3 is 5.97 Å². The molecule has 0 aliphatic heterocycles. The highest BCUT2D eigenvalue weighted by molar-refractivity contribution is 5.80. The molecule has 1 unspecified atom stereocenters. The summed E-state index contributed by atoms with van der Waals surface area (Å²) < 4.78 is 13.6. The van der Waals surface area contributed by atoms with Crippen LogP contribution in [0.1, 0.15) is 18.9 Å². The van der Waals surface area contributed by atoms with Gasteiger partial charge in [-0.3, -0.25) is 5.32 Å². The minimum absolute atomic E-state index is 0.129. The van der Waals surface area contributed by atoms with Crippen LogP contribution < -0.4 is 11.1 Å². The number of hydrogen-bond donors (Lipinski definition) is 3. The van der Waals surface area contributed by atoms with Crippen LogP contribution in [0.25, 0.3) is 0 Å². The standard InChI is InChI=1S/C12H17FN2O2/c1-12(11(16)17,15-8-4-7-14)9-5-2-3-6-10(9)13/h2-3,5-6,15H,4,7-8,14H2,1H3,(H,16,17). The monoisotopic (exact) mass is 240 g/mol. The molecule has 1 aromatic carbocycles. The molecule has 1 rings (SSSR count). The fraction of sp³-hybridized carbons (Fsp3) is 0.417. The second kappa shape index (κ2) is 5.75. The molecule has 0 heterocycles. The number of nitrogens with two attached hydrogens (primary N) is 1. The molecule has 0 saturated heterocycles. The van der Waals surface area contributed by atoms with Gasteiger partial charge in [0.2, 0.25) is 0 Å². The van der Waals surface area contributed by atoms with E-state index in [1.807, 2.05) is 0 Å². The van der Waals surface area contributed by atoms with Crippen molar-refractivity contribution in [1.82, 2.24) is 5.32 Å². The number of carboxylic acids is 1. The highest BCUT2D eigenvalue weighted by atomic mass is 19.1. The Balaban J connectivity index is 2.99. The van der Waals surface area contributed by atoms with Crippen molar-refractivity contribution in [2.75, 3.05) is 13.1 Å². The van der Waals surface area contributed by atoms with Crippen molar-refractivity contribution >= 4 is 5.97 Å². The average molecular weight is 240 g/mol. The predicted molar refractivity (Wildman–Crippen MR) is 63.1 cm³/mol. The molecule has 0 radical (unpaired) electrons. The van der Waals surface area contributed by atoms with Crippen LogP contribution in [0.5, 0.6) is 0 Å². The number of carboxylic acid groups (broad SMARTS) is 1. The van der Waals surface area contributed by atoms with Crippen LogP contribution in [0.2, 0.25) is 0 Å². The van der Waals surface area contributed by atoms with Crippen LogP contribution in [0.15, 0.2) is 24.3 Å². The maximum absolute atomic E-state index is 13.6. The summed E-state index contributed by atoms with van der Waals surface area (Å²) in [7, 11) is 0. The van der Waals surface area contributed by atoms with Gasteiger partial charge in [0.1, 0.15) is 11.4 Å². The van der Waals surface area contributed by atoms with Crippen LogP contribution in [0.4, 0.5) is 4.39 Å². The van der Waals surface area contributed by atoms with E-state index in [0.29, 0.717) is 19.5 Å². The molecule has 0 saturated carbocycles. The molecule has 1 atom stereocenters. The largest absolute Gasteiger partial charge is 0.480 e. The van der Waals surface area contributed by atoms with Gasteiger partial charge in [-0.15, -0.1) is 0 Å². The van der Waals surface area contributed by atoms with Crippen molar-refractivity contribution in [3.05, 3.63) is 35.6 Å². The minimum atomic E-state index is -1.43. The summed E-state index contributed by atoms with van der Waals surface area (Å²) >= 11 is 0. The van der Waals surface area contributed by atoms with Crippen LogP contribution in [-0.4, -0.2) is 24.2 Å². The van der Waals surface area contributed by atoms with Crippen molar-refractivity contribution in [2.45, 2.75) is 18.9 Å². The SMILES string of the molecule is CC(NCCCN)(C(=O)O)c1ccccc1F. The first-order valence-electron chi connectivity index (χ1n) is 5.46. The summed E-state index contributed by atoms with van der Waals surface area (Å²) in [5, 5.41) is 12.1. The van der Waals surface area contributed by atoms with Crippen molar-refractivity contribution < 1.29 is 14.3 Å². The lowest BCUT2D eigenvalue weighted by Gasteiger charge is -2.27. The van der Waals surface area contributed by atoms with E-state index in [4.69, 9.17) is 5.73 Å². The predicted octanol–water partition coefficient (Wildman–Crippen LogP) is 1.06. The maximum atomic E-state index is 13.6. The van der Waals surface area contributed by atoms with Crippen molar-refractivity contribution in [3.8, 4) is 0 Å². The molecule has 0 aliphatic carbocycles. The molecule has 1 aromatic rings. The Morgan fingerprint density at radius 3 is 2.71 bits per heavy atom. The number of benzene rings is 1. The van der Waals surface area contributed by atoms with Crippen molar-refractivity contribution in [3.63, 3.8) is 0 Å². The Morgan fingerprint density at radius 2 is 2.18 bits per heavy atom. The number of halogens is 1. The molecule has 0 fully saturated rings. The third-order valence-corrected chi connectivity index (χ3v) is 2.70. The highest BCUT2D eigenvalue weighted by Crippen LogP contribution is 2.23. The van der Waals surface area contributed by atoms with E-state index < -0.39 is 17.3 Å². The smallest absolute Gasteiger partial charge is 0.328 e. The van der Waals surface area contributed by atoms with E-state index in [-0.39, 0.29) is 5.56 Å². The molecule has 0 bridgehead atoms. The Hall–Kier alpha value is -1.46. The van der Waals surface area contributed by atoms with Gasteiger partial charge in [0, 0.05) is 5.56 Å². The van der Waals surface area contributed by atoms with E-state index in [0.717, 1.165) is 0 Å². The molecule has 0 spiro atoms. The van der Waals surface area contributed by atoms with Crippen LogP contribution in [0, 0.1) is 5.82 Å². The maximum Gasteiger partial charge on any atom is 0.328 e. The zero-order valence-electron chi connectivity index (χ0n) is 9.74. The fourth-order valence-corrected chi connectivity index (χ4v) is 1.59. The third-order valence-electron chi connectivity index (χ3n) is 2.70. The van der Waals surface area contributed by atoms with Gasteiger partial charge in [-0.2, -0.15) is 0 Å². The van der Waals surface area contributed by atoms with E-state index in [2.05, 4.69) is 5.32 Å². The van der Waals surface area contributed by atoms with Gasteiger partial charge in [-0.25, -0.2) is 9.18 Å². The average Bonchev–Trinajstić information content (AvgIpc) is 2.29. The number of aliphatic carboxylic acids is 1. The van der Waals surface area contributed by atoms with Crippen LogP contribution >= 0.6 is 0 Å². The summed E-state index contributed by atoms with van der Waals surface area (Å²) in [5.41, 5.74) is 4.04. The lowest BCUT2D eigenvalue weighted by molar-refractivity contribution is -0.144. The topological polar surface area (TPSA) is 75.3 Å². The van der Waals surface area contributed by atoms with E-state index >= 15 is 0 Å². The van der Waals surface area contributed by atoms with E-state index in [1.165, 1.54) is 25.1 Å². The summed E-state index contributed by atoms with van der Waals surface area (Å²) in [4.78, 5) is 11.3. The molecule has 5 heteroatoms.